The fourth-order valence-corrected chi connectivity index (χ4v) is 3.84. The number of nitrogens with zero attached hydrogens (tertiary/aromatic N) is 3. The Morgan fingerprint density at radius 3 is 2.72 bits per heavy atom. The van der Waals surface area contributed by atoms with Crippen LogP contribution in [0.1, 0.15) is 53.7 Å². The molecule has 1 saturated heterocycles. The van der Waals surface area contributed by atoms with Crippen LogP contribution in [0.3, 0.4) is 0 Å². The van der Waals surface area contributed by atoms with Crippen LogP contribution in [0.4, 0.5) is 5.82 Å². The van der Waals surface area contributed by atoms with Gasteiger partial charge < -0.3 is 10.6 Å². The zero-order valence-corrected chi connectivity index (χ0v) is 15.2. The molecule has 5 heteroatoms. The summed E-state index contributed by atoms with van der Waals surface area (Å²) in [6.07, 6.45) is 6.55. The van der Waals surface area contributed by atoms with Crippen LogP contribution in [0.5, 0.6) is 0 Å². The number of nitrogen functional groups attached to an aromatic ring is 1. The molecule has 2 heterocycles. The summed E-state index contributed by atoms with van der Waals surface area (Å²) in [5, 5.41) is 4.30. The number of aromatic nitrogens is 2. The molecule has 0 radical (unpaired) electrons. The quantitative estimate of drug-likeness (QED) is 0.908. The van der Waals surface area contributed by atoms with Gasteiger partial charge in [0.05, 0.1) is 5.69 Å². The molecule has 134 valence electrons. The number of hydrogen-bond acceptors (Lipinski definition) is 3. The molecule has 0 aliphatic carbocycles. The molecule has 2 aromatic rings. The van der Waals surface area contributed by atoms with E-state index in [2.05, 4.69) is 29.4 Å². The van der Waals surface area contributed by atoms with Crippen molar-refractivity contribution in [2.45, 2.75) is 51.5 Å². The minimum Gasteiger partial charge on any atom is -0.383 e. The molecule has 0 spiro atoms. The van der Waals surface area contributed by atoms with Crippen LogP contribution in [-0.2, 0) is 13.5 Å². The summed E-state index contributed by atoms with van der Waals surface area (Å²) in [5.74, 6) is 0.517. The van der Waals surface area contributed by atoms with Crippen molar-refractivity contribution >= 4 is 11.7 Å². The van der Waals surface area contributed by atoms with Crippen molar-refractivity contribution in [3.63, 3.8) is 0 Å². The van der Waals surface area contributed by atoms with Crippen molar-refractivity contribution in [3.05, 3.63) is 47.2 Å². The molecule has 1 aliphatic rings. The highest BCUT2D eigenvalue weighted by Crippen LogP contribution is 2.26. The van der Waals surface area contributed by atoms with E-state index in [4.69, 9.17) is 5.73 Å². The molecule has 3 rings (SSSR count). The minimum atomic E-state index is 0.0486. The molecule has 25 heavy (non-hydrogen) atoms. The maximum absolute atomic E-state index is 13.1. The molecule has 1 amide bonds. The van der Waals surface area contributed by atoms with E-state index in [-0.39, 0.29) is 5.91 Å². The number of piperidine rings is 1. The lowest BCUT2D eigenvalue weighted by molar-refractivity contribution is 0.0599. The number of benzene rings is 1. The van der Waals surface area contributed by atoms with E-state index < -0.39 is 0 Å². The summed E-state index contributed by atoms with van der Waals surface area (Å²) in [5.41, 5.74) is 8.75. The summed E-state index contributed by atoms with van der Waals surface area (Å²) in [6, 6.07) is 10.9. The first-order chi connectivity index (χ1) is 12.1. The molecular formula is C20H28N4O. The first-order valence-corrected chi connectivity index (χ1v) is 9.22. The van der Waals surface area contributed by atoms with Crippen LogP contribution in [0.2, 0.25) is 0 Å². The Kier molecular flexibility index (Phi) is 5.41. The van der Waals surface area contributed by atoms with Crippen molar-refractivity contribution in [3.8, 4) is 0 Å². The number of nitrogens with two attached hydrogens (primary N) is 1. The van der Waals surface area contributed by atoms with Gasteiger partial charge in [0.2, 0.25) is 0 Å². The van der Waals surface area contributed by atoms with Crippen molar-refractivity contribution in [2.24, 2.45) is 7.05 Å². The lowest BCUT2D eigenvalue weighted by Crippen LogP contribution is -2.44. The second-order valence-corrected chi connectivity index (χ2v) is 7.00. The SMILES string of the molecule is Cc1nn(C)c(N)c1C(=O)N1CCCC[C@@H]1CCCc1ccccc1. The van der Waals surface area contributed by atoms with E-state index in [1.807, 2.05) is 17.9 Å². The monoisotopic (exact) mass is 340 g/mol. The largest absolute Gasteiger partial charge is 0.383 e. The molecule has 5 nitrogen and oxygen atoms in total. The van der Waals surface area contributed by atoms with Gasteiger partial charge in [0.1, 0.15) is 11.4 Å². The lowest BCUT2D eigenvalue weighted by atomic mass is 9.95. The summed E-state index contributed by atoms with van der Waals surface area (Å²) in [6.45, 7) is 2.68. The number of amides is 1. The van der Waals surface area contributed by atoms with Crippen molar-refractivity contribution in [1.29, 1.82) is 0 Å². The average molecular weight is 340 g/mol. The standard InChI is InChI=1S/C20H28N4O/c1-15-18(19(21)23(2)22-15)20(25)24-14-7-6-12-17(24)13-8-11-16-9-4-3-5-10-16/h3-5,9-10,17H,6-8,11-14,21H2,1-2H3/t17-/m1/s1. The molecule has 1 atom stereocenters. The van der Waals surface area contributed by atoms with E-state index in [0.29, 0.717) is 17.4 Å². The number of anilines is 1. The first kappa shape index (κ1) is 17.5. The Labute approximate surface area is 149 Å². The van der Waals surface area contributed by atoms with E-state index in [9.17, 15) is 4.79 Å². The zero-order chi connectivity index (χ0) is 17.8. The molecule has 1 aromatic heterocycles. The summed E-state index contributed by atoms with van der Waals surface area (Å²) < 4.78 is 1.59. The normalized spacial score (nSPS) is 17.7. The second kappa shape index (κ2) is 7.72. The van der Waals surface area contributed by atoms with Gasteiger partial charge in [-0.3, -0.25) is 9.48 Å². The smallest absolute Gasteiger partial charge is 0.259 e. The maximum Gasteiger partial charge on any atom is 0.259 e. The van der Waals surface area contributed by atoms with Gasteiger partial charge >= 0.3 is 0 Å². The topological polar surface area (TPSA) is 64.2 Å². The number of carbonyl (C=O) groups is 1. The number of rotatable bonds is 5. The minimum absolute atomic E-state index is 0.0486. The Morgan fingerprint density at radius 2 is 2.04 bits per heavy atom. The highest BCUT2D eigenvalue weighted by atomic mass is 16.2. The predicted molar refractivity (Wildman–Crippen MR) is 100 cm³/mol. The van der Waals surface area contributed by atoms with Crippen molar-refractivity contribution < 1.29 is 4.79 Å². The Bertz CT molecular complexity index is 723. The van der Waals surface area contributed by atoms with Gasteiger partial charge in [0.25, 0.3) is 5.91 Å². The van der Waals surface area contributed by atoms with Gasteiger partial charge in [-0.05, 0) is 51.0 Å². The maximum atomic E-state index is 13.1. The zero-order valence-electron chi connectivity index (χ0n) is 15.2. The van der Waals surface area contributed by atoms with Crippen molar-refractivity contribution in [1.82, 2.24) is 14.7 Å². The number of carbonyl (C=O) groups excluding carboxylic acids is 1. The van der Waals surface area contributed by atoms with Crippen molar-refractivity contribution in [2.75, 3.05) is 12.3 Å². The van der Waals surface area contributed by atoms with Crippen LogP contribution in [0.25, 0.3) is 0 Å². The fraction of sp³-hybridized carbons (Fsp3) is 0.500. The van der Waals surface area contributed by atoms with Crippen LogP contribution in [-0.4, -0.2) is 33.2 Å². The highest BCUT2D eigenvalue weighted by Gasteiger charge is 2.30. The summed E-state index contributed by atoms with van der Waals surface area (Å²) in [4.78, 5) is 15.1. The molecule has 0 unspecified atom stereocenters. The van der Waals surface area contributed by atoms with E-state index in [0.717, 1.165) is 44.3 Å². The Hall–Kier alpha value is -2.30. The Balaban J connectivity index is 1.67. The van der Waals surface area contributed by atoms with Gasteiger partial charge in [-0.2, -0.15) is 5.10 Å². The molecule has 2 N–H and O–H groups in total. The third-order valence-corrected chi connectivity index (χ3v) is 5.21. The number of likely N-dealkylation sites (tertiary alicyclic amines) is 1. The summed E-state index contributed by atoms with van der Waals surface area (Å²) in [7, 11) is 1.78. The van der Waals surface area contributed by atoms with Gasteiger partial charge in [0.15, 0.2) is 0 Å². The molecular weight excluding hydrogens is 312 g/mol. The first-order valence-electron chi connectivity index (χ1n) is 9.22. The molecule has 1 aromatic carbocycles. The van der Waals surface area contributed by atoms with E-state index in [1.165, 1.54) is 12.0 Å². The van der Waals surface area contributed by atoms with Gasteiger partial charge in [-0.15, -0.1) is 0 Å². The molecule has 0 saturated carbocycles. The number of aryl methyl sites for hydroxylation is 3. The van der Waals surface area contributed by atoms with Crippen LogP contribution >= 0.6 is 0 Å². The Morgan fingerprint density at radius 1 is 1.28 bits per heavy atom. The molecule has 0 bridgehead atoms. The molecule has 1 aliphatic heterocycles. The van der Waals surface area contributed by atoms with Crippen LogP contribution in [0, 0.1) is 6.92 Å². The van der Waals surface area contributed by atoms with E-state index in [1.54, 1.807) is 11.7 Å². The third kappa shape index (κ3) is 3.86. The predicted octanol–water partition coefficient (Wildman–Crippen LogP) is 3.33. The summed E-state index contributed by atoms with van der Waals surface area (Å²) >= 11 is 0. The van der Waals surface area contributed by atoms with Crippen LogP contribution < -0.4 is 5.73 Å². The average Bonchev–Trinajstić information content (AvgIpc) is 2.88. The van der Waals surface area contributed by atoms with Gasteiger partial charge in [0, 0.05) is 19.6 Å². The highest BCUT2D eigenvalue weighted by molar-refractivity contribution is 5.99. The number of hydrogen-bond donors (Lipinski definition) is 1. The lowest BCUT2D eigenvalue weighted by Gasteiger charge is -2.36. The second-order valence-electron chi connectivity index (χ2n) is 7.00. The fourth-order valence-electron chi connectivity index (χ4n) is 3.84. The van der Waals surface area contributed by atoms with Crippen LogP contribution in [0.15, 0.2) is 30.3 Å². The third-order valence-electron chi connectivity index (χ3n) is 5.21. The molecule has 1 fully saturated rings. The van der Waals surface area contributed by atoms with E-state index >= 15 is 0 Å². The van der Waals surface area contributed by atoms with Gasteiger partial charge in [-0.25, -0.2) is 0 Å². The van der Waals surface area contributed by atoms with Gasteiger partial charge in [-0.1, -0.05) is 30.3 Å².